The third-order valence-corrected chi connectivity index (χ3v) is 4.18. The van der Waals surface area contributed by atoms with Crippen molar-refractivity contribution in [3.63, 3.8) is 0 Å². The third kappa shape index (κ3) is 4.68. The average molecular weight is 274 g/mol. The van der Waals surface area contributed by atoms with E-state index in [0.29, 0.717) is 5.88 Å². The molecule has 1 heterocycles. The van der Waals surface area contributed by atoms with Gasteiger partial charge in [-0.25, -0.2) is 0 Å². The minimum Gasteiger partial charge on any atom is -0.341 e. The number of alkyl halides is 1. The number of unbranched alkanes of at least 4 members (excludes halogenated alkanes) is 2. The van der Waals surface area contributed by atoms with Crippen molar-refractivity contribution in [2.75, 3.05) is 19.5 Å². The topological polar surface area (TPSA) is 20.3 Å². The van der Waals surface area contributed by atoms with Crippen LogP contribution in [0.25, 0.3) is 0 Å². The highest BCUT2D eigenvalue weighted by Gasteiger charge is 2.13. The Hall–Kier alpha value is -0.540. The van der Waals surface area contributed by atoms with Crippen LogP contribution in [0.3, 0.4) is 0 Å². The Kier molecular flexibility index (Phi) is 6.60. The number of thiophene rings is 1. The van der Waals surface area contributed by atoms with Gasteiger partial charge in [0.1, 0.15) is 0 Å². The number of rotatable bonds is 7. The molecule has 0 bridgehead atoms. The van der Waals surface area contributed by atoms with Crippen molar-refractivity contribution in [2.24, 2.45) is 0 Å². The zero-order valence-corrected chi connectivity index (χ0v) is 12.1. The van der Waals surface area contributed by atoms with E-state index in [-0.39, 0.29) is 5.91 Å². The smallest absolute Gasteiger partial charge is 0.263 e. The molecule has 0 saturated heterocycles. The lowest BCUT2D eigenvalue weighted by Gasteiger charge is -2.15. The van der Waals surface area contributed by atoms with E-state index >= 15 is 0 Å². The van der Waals surface area contributed by atoms with E-state index in [0.717, 1.165) is 37.1 Å². The molecule has 0 fully saturated rings. The van der Waals surface area contributed by atoms with Gasteiger partial charge in [-0.15, -0.1) is 22.9 Å². The second-order valence-corrected chi connectivity index (χ2v) is 5.64. The Balaban J connectivity index is 2.40. The maximum atomic E-state index is 12.0. The summed E-state index contributed by atoms with van der Waals surface area (Å²) in [6.07, 6.45) is 4.15. The maximum absolute atomic E-state index is 12.0. The fourth-order valence-corrected chi connectivity index (χ4v) is 2.72. The van der Waals surface area contributed by atoms with Crippen molar-refractivity contribution in [3.8, 4) is 0 Å². The van der Waals surface area contributed by atoms with Crippen LogP contribution < -0.4 is 0 Å². The number of hydrogen-bond donors (Lipinski definition) is 0. The second-order valence-electron chi connectivity index (χ2n) is 4.10. The van der Waals surface area contributed by atoms with Gasteiger partial charge < -0.3 is 4.90 Å². The molecule has 0 unspecified atom stereocenters. The van der Waals surface area contributed by atoms with Gasteiger partial charge in [-0.05, 0) is 31.4 Å². The second kappa shape index (κ2) is 7.72. The van der Waals surface area contributed by atoms with E-state index in [1.807, 2.05) is 19.2 Å². The lowest BCUT2D eigenvalue weighted by atomic mass is 10.2. The molecule has 1 aromatic heterocycles. The van der Waals surface area contributed by atoms with Gasteiger partial charge in [-0.1, -0.05) is 13.3 Å². The van der Waals surface area contributed by atoms with Crippen molar-refractivity contribution in [3.05, 3.63) is 21.9 Å². The quantitative estimate of drug-likeness (QED) is 0.547. The summed E-state index contributed by atoms with van der Waals surface area (Å²) in [6, 6.07) is 3.97. The minimum atomic E-state index is 0.139. The molecule has 4 heteroatoms. The zero-order valence-electron chi connectivity index (χ0n) is 10.5. The number of carbonyl (C=O) groups is 1. The summed E-state index contributed by atoms with van der Waals surface area (Å²) in [5.41, 5.74) is 0. The minimum absolute atomic E-state index is 0.139. The number of amides is 1. The van der Waals surface area contributed by atoms with E-state index in [1.165, 1.54) is 4.88 Å². The summed E-state index contributed by atoms with van der Waals surface area (Å²) in [5.74, 6) is 0.850. The van der Waals surface area contributed by atoms with Gasteiger partial charge in [0.05, 0.1) is 4.88 Å². The summed E-state index contributed by atoms with van der Waals surface area (Å²) in [7, 11) is 1.87. The SMILES string of the molecule is CCc1ccc(C(=O)N(C)CCCCCCl)s1. The highest BCUT2D eigenvalue weighted by Crippen LogP contribution is 2.18. The summed E-state index contributed by atoms with van der Waals surface area (Å²) in [5, 5.41) is 0. The van der Waals surface area contributed by atoms with Crippen LogP contribution in [0.2, 0.25) is 0 Å². The predicted molar refractivity (Wildman–Crippen MR) is 75.2 cm³/mol. The van der Waals surface area contributed by atoms with Crippen LogP contribution in [-0.4, -0.2) is 30.3 Å². The van der Waals surface area contributed by atoms with Crippen LogP contribution in [0.5, 0.6) is 0 Å². The number of nitrogens with zero attached hydrogens (tertiary/aromatic N) is 1. The van der Waals surface area contributed by atoms with E-state index < -0.39 is 0 Å². The molecule has 0 N–H and O–H groups in total. The van der Waals surface area contributed by atoms with Crippen LogP contribution in [0.1, 0.15) is 40.7 Å². The average Bonchev–Trinajstić information content (AvgIpc) is 2.82. The highest BCUT2D eigenvalue weighted by molar-refractivity contribution is 7.14. The first-order chi connectivity index (χ1) is 8.19. The summed E-state index contributed by atoms with van der Waals surface area (Å²) < 4.78 is 0. The van der Waals surface area contributed by atoms with E-state index in [1.54, 1.807) is 16.2 Å². The van der Waals surface area contributed by atoms with Gasteiger partial charge in [-0.2, -0.15) is 0 Å². The standard InChI is InChI=1S/C13H20ClNOS/c1-3-11-7-8-12(17-11)13(16)15(2)10-6-4-5-9-14/h7-8H,3-6,9-10H2,1-2H3. The molecule has 0 spiro atoms. The summed E-state index contributed by atoms with van der Waals surface area (Å²) >= 11 is 7.22. The molecule has 2 nitrogen and oxygen atoms in total. The Labute approximate surface area is 113 Å². The van der Waals surface area contributed by atoms with Crippen LogP contribution >= 0.6 is 22.9 Å². The molecule has 1 rings (SSSR count). The third-order valence-electron chi connectivity index (χ3n) is 2.69. The fraction of sp³-hybridized carbons (Fsp3) is 0.615. The van der Waals surface area contributed by atoms with Crippen molar-refractivity contribution in [1.82, 2.24) is 4.90 Å². The molecule has 1 amide bonds. The first-order valence-corrected chi connectivity index (χ1v) is 7.44. The van der Waals surface area contributed by atoms with Gasteiger partial charge in [-0.3, -0.25) is 4.79 Å². The Morgan fingerprint density at radius 3 is 2.71 bits per heavy atom. The number of aryl methyl sites for hydroxylation is 1. The summed E-state index contributed by atoms with van der Waals surface area (Å²) in [4.78, 5) is 16.0. The van der Waals surface area contributed by atoms with Crippen molar-refractivity contribution in [1.29, 1.82) is 0 Å². The molecule has 96 valence electrons. The van der Waals surface area contributed by atoms with Gasteiger partial charge in [0.2, 0.25) is 0 Å². The number of hydrogen-bond acceptors (Lipinski definition) is 2. The van der Waals surface area contributed by atoms with Crippen LogP contribution in [0.15, 0.2) is 12.1 Å². The fourth-order valence-electron chi connectivity index (χ4n) is 1.59. The predicted octanol–water partition coefficient (Wildman–Crippen LogP) is 3.79. The lowest BCUT2D eigenvalue weighted by Crippen LogP contribution is -2.26. The monoisotopic (exact) mass is 273 g/mol. The zero-order chi connectivity index (χ0) is 12.7. The van der Waals surface area contributed by atoms with Crippen LogP contribution in [0.4, 0.5) is 0 Å². The molecule has 17 heavy (non-hydrogen) atoms. The molecular weight excluding hydrogens is 254 g/mol. The molecule has 0 aliphatic rings. The Bertz CT molecular complexity index is 351. The summed E-state index contributed by atoms with van der Waals surface area (Å²) in [6.45, 7) is 2.92. The molecule has 0 radical (unpaired) electrons. The molecular formula is C13H20ClNOS. The Morgan fingerprint density at radius 1 is 1.35 bits per heavy atom. The molecule has 1 aromatic rings. The van der Waals surface area contributed by atoms with Crippen molar-refractivity contribution >= 4 is 28.8 Å². The first-order valence-electron chi connectivity index (χ1n) is 6.09. The van der Waals surface area contributed by atoms with Gasteiger partial charge >= 0.3 is 0 Å². The molecule has 0 aromatic carbocycles. The van der Waals surface area contributed by atoms with Gasteiger partial charge in [0, 0.05) is 24.3 Å². The molecule has 0 atom stereocenters. The molecule has 0 aliphatic carbocycles. The van der Waals surface area contributed by atoms with Gasteiger partial charge in [0.15, 0.2) is 0 Å². The van der Waals surface area contributed by atoms with Crippen LogP contribution in [0, 0.1) is 0 Å². The van der Waals surface area contributed by atoms with Gasteiger partial charge in [0.25, 0.3) is 5.91 Å². The molecule has 0 saturated carbocycles. The number of halogens is 1. The lowest BCUT2D eigenvalue weighted by molar-refractivity contribution is 0.0797. The van der Waals surface area contributed by atoms with Crippen molar-refractivity contribution < 1.29 is 4.79 Å². The van der Waals surface area contributed by atoms with Crippen molar-refractivity contribution in [2.45, 2.75) is 32.6 Å². The largest absolute Gasteiger partial charge is 0.341 e. The van der Waals surface area contributed by atoms with E-state index in [2.05, 4.69) is 6.92 Å². The first kappa shape index (κ1) is 14.5. The molecule has 0 aliphatic heterocycles. The highest BCUT2D eigenvalue weighted by atomic mass is 35.5. The van der Waals surface area contributed by atoms with E-state index in [4.69, 9.17) is 11.6 Å². The number of carbonyl (C=O) groups excluding carboxylic acids is 1. The maximum Gasteiger partial charge on any atom is 0.263 e. The van der Waals surface area contributed by atoms with E-state index in [9.17, 15) is 4.79 Å². The van der Waals surface area contributed by atoms with Crippen LogP contribution in [-0.2, 0) is 6.42 Å². The normalized spacial score (nSPS) is 10.5. The Morgan fingerprint density at radius 2 is 2.12 bits per heavy atom.